The standard InChI is InChI=1S/C10H16O3/c1-6-7(9(12)13-5)8(11)10(2,3)4/h6H,1-5H3/b7-6-. The van der Waals surface area contributed by atoms with Crippen molar-refractivity contribution in [3.05, 3.63) is 11.6 Å². The van der Waals surface area contributed by atoms with E-state index in [0.29, 0.717) is 0 Å². The van der Waals surface area contributed by atoms with E-state index in [1.54, 1.807) is 27.7 Å². The maximum atomic E-state index is 11.6. The molecule has 0 aromatic rings. The summed E-state index contributed by atoms with van der Waals surface area (Å²) in [5.74, 6) is -0.760. The van der Waals surface area contributed by atoms with E-state index in [0.717, 1.165) is 0 Å². The summed E-state index contributed by atoms with van der Waals surface area (Å²) in [5, 5.41) is 0. The predicted molar refractivity (Wildman–Crippen MR) is 50.2 cm³/mol. The summed E-state index contributed by atoms with van der Waals surface area (Å²) in [7, 11) is 1.27. The van der Waals surface area contributed by atoms with Crippen LogP contribution >= 0.6 is 0 Å². The van der Waals surface area contributed by atoms with Gasteiger partial charge in [-0.25, -0.2) is 4.79 Å². The lowest BCUT2D eigenvalue weighted by atomic mass is 9.86. The molecule has 0 N–H and O–H groups in total. The predicted octanol–water partition coefficient (Wildman–Crippen LogP) is 1.72. The molecule has 0 aromatic carbocycles. The van der Waals surface area contributed by atoms with Gasteiger partial charge in [-0.2, -0.15) is 0 Å². The molecule has 0 radical (unpaired) electrons. The number of Topliss-reactive ketones (excluding diaryl/α,β-unsaturated/α-hetero) is 1. The molecule has 0 bridgehead atoms. The lowest BCUT2D eigenvalue weighted by molar-refractivity contribution is -0.139. The minimum atomic E-state index is -0.567. The van der Waals surface area contributed by atoms with Crippen LogP contribution in [0.15, 0.2) is 11.6 Å². The monoisotopic (exact) mass is 184 g/mol. The van der Waals surface area contributed by atoms with Crippen molar-refractivity contribution in [3.8, 4) is 0 Å². The van der Waals surface area contributed by atoms with Crippen LogP contribution in [-0.2, 0) is 14.3 Å². The van der Waals surface area contributed by atoms with E-state index in [2.05, 4.69) is 4.74 Å². The number of carbonyl (C=O) groups excluding carboxylic acids is 2. The van der Waals surface area contributed by atoms with Crippen LogP contribution in [0.3, 0.4) is 0 Å². The molecule has 0 amide bonds. The Kier molecular flexibility index (Phi) is 3.85. The maximum absolute atomic E-state index is 11.6. The summed E-state index contributed by atoms with van der Waals surface area (Å²) in [6.07, 6.45) is 1.49. The zero-order valence-corrected chi connectivity index (χ0v) is 8.80. The highest BCUT2D eigenvalue weighted by molar-refractivity contribution is 6.18. The van der Waals surface area contributed by atoms with Gasteiger partial charge in [0.05, 0.1) is 12.7 Å². The van der Waals surface area contributed by atoms with Gasteiger partial charge < -0.3 is 4.74 Å². The molecule has 3 heteroatoms. The molecule has 0 saturated carbocycles. The second-order valence-electron chi connectivity index (χ2n) is 3.77. The normalized spacial score (nSPS) is 12.5. The highest BCUT2D eigenvalue weighted by Gasteiger charge is 2.28. The van der Waals surface area contributed by atoms with Crippen molar-refractivity contribution < 1.29 is 14.3 Å². The first-order chi connectivity index (χ1) is 5.84. The van der Waals surface area contributed by atoms with E-state index in [-0.39, 0.29) is 11.4 Å². The number of ether oxygens (including phenoxy) is 1. The third-order valence-corrected chi connectivity index (χ3v) is 1.62. The van der Waals surface area contributed by atoms with Crippen LogP contribution in [0.1, 0.15) is 27.7 Å². The Labute approximate surface area is 78.8 Å². The fraction of sp³-hybridized carbons (Fsp3) is 0.600. The van der Waals surface area contributed by atoms with Crippen molar-refractivity contribution in [1.29, 1.82) is 0 Å². The number of rotatable bonds is 2. The maximum Gasteiger partial charge on any atom is 0.341 e. The van der Waals surface area contributed by atoms with Crippen molar-refractivity contribution >= 4 is 11.8 Å². The van der Waals surface area contributed by atoms with Gasteiger partial charge in [-0.3, -0.25) is 4.79 Å². The summed E-state index contributed by atoms with van der Waals surface area (Å²) in [6, 6.07) is 0. The zero-order chi connectivity index (χ0) is 10.6. The molecule has 0 aromatic heterocycles. The van der Waals surface area contributed by atoms with Crippen LogP contribution in [-0.4, -0.2) is 18.9 Å². The Hall–Kier alpha value is -1.12. The van der Waals surface area contributed by atoms with Crippen molar-refractivity contribution in [3.63, 3.8) is 0 Å². The second kappa shape index (κ2) is 4.21. The average molecular weight is 184 g/mol. The average Bonchev–Trinajstić information content (AvgIpc) is 2.03. The number of carbonyl (C=O) groups is 2. The van der Waals surface area contributed by atoms with Crippen LogP contribution < -0.4 is 0 Å². The Morgan fingerprint density at radius 1 is 1.23 bits per heavy atom. The molecular weight excluding hydrogens is 168 g/mol. The molecule has 13 heavy (non-hydrogen) atoms. The molecule has 0 spiro atoms. The molecule has 0 heterocycles. The van der Waals surface area contributed by atoms with E-state index in [1.165, 1.54) is 13.2 Å². The number of ketones is 1. The van der Waals surface area contributed by atoms with Crippen LogP contribution in [0.5, 0.6) is 0 Å². The van der Waals surface area contributed by atoms with E-state index >= 15 is 0 Å². The van der Waals surface area contributed by atoms with E-state index in [1.807, 2.05) is 0 Å². The van der Waals surface area contributed by atoms with Gasteiger partial charge >= 0.3 is 5.97 Å². The Morgan fingerprint density at radius 2 is 1.69 bits per heavy atom. The lowest BCUT2D eigenvalue weighted by Gasteiger charge is -2.17. The molecule has 0 aliphatic heterocycles. The number of hydrogen-bond donors (Lipinski definition) is 0. The van der Waals surface area contributed by atoms with Gasteiger partial charge in [0.25, 0.3) is 0 Å². The summed E-state index contributed by atoms with van der Waals surface area (Å²) < 4.78 is 4.49. The molecule has 0 rings (SSSR count). The summed E-state index contributed by atoms with van der Waals surface area (Å²) in [4.78, 5) is 22.7. The van der Waals surface area contributed by atoms with Crippen molar-refractivity contribution in [2.24, 2.45) is 5.41 Å². The first-order valence-electron chi connectivity index (χ1n) is 4.14. The van der Waals surface area contributed by atoms with Gasteiger partial charge in [0.2, 0.25) is 0 Å². The van der Waals surface area contributed by atoms with Crippen LogP contribution in [0, 0.1) is 5.41 Å². The van der Waals surface area contributed by atoms with Gasteiger partial charge in [-0.1, -0.05) is 26.8 Å². The molecule has 74 valence electrons. The van der Waals surface area contributed by atoms with Gasteiger partial charge in [0.1, 0.15) is 0 Å². The number of allylic oxidation sites excluding steroid dienone is 1. The van der Waals surface area contributed by atoms with Gasteiger partial charge in [0.15, 0.2) is 5.78 Å². The minimum absolute atomic E-state index is 0.120. The third-order valence-electron chi connectivity index (χ3n) is 1.62. The van der Waals surface area contributed by atoms with E-state index < -0.39 is 11.4 Å². The third kappa shape index (κ3) is 3.01. The first-order valence-corrected chi connectivity index (χ1v) is 4.14. The molecule has 0 saturated heterocycles. The number of methoxy groups -OCH3 is 1. The van der Waals surface area contributed by atoms with Crippen LogP contribution in [0.4, 0.5) is 0 Å². The Morgan fingerprint density at radius 3 is 1.92 bits per heavy atom. The van der Waals surface area contributed by atoms with Gasteiger partial charge in [-0.05, 0) is 6.92 Å². The highest BCUT2D eigenvalue weighted by Crippen LogP contribution is 2.20. The zero-order valence-electron chi connectivity index (χ0n) is 8.80. The molecule has 0 fully saturated rings. The fourth-order valence-corrected chi connectivity index (χ4v) is 0.856. The molecule has 0 atom stereocenters. The van der Waals surface area contributed by atoms with E-state index in [9.17, 15) is 9.59 Å². The minimum Gasteiger partial charge on any atom is -0.465 e. The topological polar surface area (TPSA) is 43.4 Å². The van der Waals surface area contributed by atoms with Crippen LogP contribution in [0.25, 0.3) is 0 Å². The quantitative estimate of drug-likeness (QED) is 0.284. The first kappa shape index (κ1) is 11.9. The van der Waals surface area contributed by atoms with Crippen LogP contribution in [0.2, 0.25) is 0 Å². The van der Waals surface area contributed by atoms with E-state index in [4.69, 9.17) is 0 Å². The smallest absolute Gasteiger partial charge is 0.341 e. The summed E-state index contributed by atoms with van der Waals surface area (Å²) in [5.41, 5.74) is -0.425. The summed E-state index contributed by atoms with van der Waals surface area (Å²) in [6.45, 7) is 6.95. The largest absolute Gasteiger partial charge is 0.465 e. The Bertz CT molecular complexity index is 243. The molecule has 0 aliphatic rings. The van der Waals surface area contributed by atoms with Crippen molar-refractivity contribution in [1.82, 2.24) is 0 Å². The molecule has 0 unspecified atom stereocenters. The lowest BCUT2D eigenvalue weighted by Crippen LogP contribution is -2.26. The molecule has 3 nitrogen and oxygen atoms in total. The number of esters is 1. The Balaban J connectivity index is 4.84. The SMILES string of the molecule is C/C=C(\C(=O)OC)C(=O)C(C)(C)C. The van der Waals surface area contributed by atoms with Gasteiger partial charge in [0, 0.05) is 5.41 Å². The van der Waals surface area contributed by atoms with Gasteiger partial charge in [-0.15, -0.1) is 0 Å². The van der Waals surface area contributed by atoms with Crippen molar-refractivity contribution in [2.45, 2.75) is 27.7 Å². The summed E-state index contributed by atoms with van der Waals surface area (Å²) >= 11 is 0. The molecular formula is C10H16O3. The highest BCUT2D eigenvalue weighted by atomic mass is 16.5. The fourth-order valence-electron chi connectivity index (χ4n) is 0.856. The second-order valence-corrected chi connectivity index (χ2v) is 3.77. The van der Waals surface area contributed by atoms with Crippen molar-refractivity contribution in [2.75, 3.05) is 7.11 Å². The molecule has 0 aliphatic carbocycles. The number of hydrogen-bond acceptors (Lipinski definition) is 3.